The van der Waals surface area contributed by atoms with Crippen molar-refractivity contribution < 1.29 is 13.9 Å². The van der Waals surface area contributed by atoms with E-state index in [4.69, 9.17) is 9.15 Å². The van der Waals surface area contributed by atoms with E-state index in [1.54, 1.807) is 7.11 Å². The van der Waals surface area contributed by atoms with Gasteiger partial charge in [-0.25, -0.2) is 0 Å². The molecule has 1 amide bonds. The SMILES string of the molecule is COCCNC(=O)C1CCN(c2nc3ccccc3o2)CC1. The van der Waals surface area contributed by atoms with Crippen molar-refractivity contribution in [3.63, 3.8) is 0 Å². The average Bonchev–Trinajstić information content (AvgIpc) is 2.99. The number of benzene rings is 1. The van der Waals surface area contributed by atoms with Crippen LogP contribution in [0.5, 0.6) is 0 Å². The van der Waals surface area contributed by atoms with Crippen molar-refractivity contribution in [1.29, 1.82) is 0 Å². The van der Waals surface area contributed by atoms with Crippen molar-refractivity contribution in [2.75, 3.05) is 38.3 Å². The molecule has 0 spiro atoms. The summed E-state index contributed by atoms with van der Waals surface area (Å²) in [5.41, 5.74) is 1.67. The van der Waals surface area contributed by atoms with Crippen LogP contribution in [-0.4, -0.2) is 44.2 Å². The zero-order valence-electron chi connectivity index (χ0n) is 12.7. The molecule has 0 unspecified atom stereocenters. The van der Waals surface area contributed by atoms with Gasteiger partial charge in [0, 0.05) is 32.7 Å². The Morgan fingerprint density at radius 2 is 2.18 bits per heavy atom. The summed E-state index contributed by atoms with van der Waals surface area (Å²) in [6.45, 7) is 2.69. The number of ether oxygens (including phenoxy) is 1. The Hall–Kier alpha value is -2.08. The Morgan fingerprint density at radius 3 is 2.91 bits per heavy atom. The van der Waals surface area contributed by atoms with E-state index in [9.17, 15) is 4.79 Å². The van der Waals surface area contributed by atoms with Crippen LogP contribution >= 0.6 is 0 Å². The predicted molar refractivity (Wildman–Crippen MR) is 83.8 cm³/mol. The number of oxazole rings is 1. The Morgan fingerprint density at radius 1 is 1.41 bits per heavy atom. The quantitative estimate of drug-likeness (QED) is 0.853. The van der Waals surface area contributed by atoms with E-state index in [-0.39, 0.29) is 11.8 Å². The van der Waals surface area contributed by atoms with Crippen molar-refractivity contribution in [3.05, 3.63) is 24.3 Å². The van der Waals surface area contributed by atoms with Gasteiger partial charge in [0.2, 0.25) is 5.91 Å². The van der Waals surface area contributed by atoms with E-state index >= 15 is 0 Å². The molecule has 0 atom stereocenters. The largest absolute Gasteiger partial charge is 0.423 e. The van der Waals surface area contributed by atoms with Crippen LogP contribution in [0.4, 0.5) is 6.01 Å². The van der Waals surface area contributed by atoms with Gasteiger partial charge in [-0.05, 0) is 25.0 Å². The van der Waals surface area contributed by atoms with Crippen LogP contribution < -0.4 is 10.2 Å². The lowest BCUT2D eigenvalue weighted by atomic mass is 9.96. The summed E-state index contributed by atoms with van der Waals surface area (Å²) in [5.74, 6) is 0.187. The number of nitrogens with zero attached hydrogens (tertiary/aromatic N) is 2. The summed E-state index contributed by atoms with van der Waals surface area (Å²) >= 11 is 0. The highest BCUT2D eigenvalue weighted by molar-refractivity contribution is 5.79. The number of hydrogen-bond donors (Lipinski definition) is 1. The van der Waals surface area contributed by atoms with Crippen molar-refractivity contribution >= 4 is 23.0 Å². The van der Waals surface area contributed by atoms with Crippen LogP contribution in [0.2, 0.25) is 0 Å². The number of anilines is 1. The number of aromatic nitrogens is 1. The number of methoxy groups -OCH3 is 1. The van der Waals surface area contributed by atoms with Gasteiger partial charge in [-0.1, -0.05) is 12.1 Å². The first kappa shape index (κ1) is 14.8. The molecule has 118 valence electrons. The third kappa shape index (κ3) is 3.22. The minimum atomic E-state index is 0.0671. The van der Waals surface area contributed by atoms with E-state index in [1.807, 2.05) is 24.3 Å². The molecule has 2 heterocycles. The average molecular weight is 303 g/mol. The Balaban J connectivity index is 1.56. The van der Waals surface area contributed by atoms with Crippen molar-refractivity contribution in [2.45, 2.75) is 12.8 Å². The van der Waals surface area contributed by atoms with E-state index < -0.39 is 0 Å². The third-order valence-electron chi connectivity index (χ3n) is 4.02. The molecular weight excluding hydrogens is 282 g/mol. The highest BCUT2D eigenvalue weighted by atomic mass is 16.5. The molecule has 1 aliphatic rings. The minimum Gasteiger partial charge on any atom is -0.423 e. The van der Waals surface area contributed by atoms with Crippen LogP contribution in [0, 0.1) is 5.92 Å². The molecule has 1 aromatic heterocycles. The second-order valence-electron chi connectivity index (χ2n) is 5.51. The van der Waals surface area contributed by atoms with Gasteiger partial charge in [-0.15, -0.1) is 0 Å². The summed E-state index contributed by atoms with van der Waals surface area (Å²) in [4.78, 5) is 18.7. The maximum absolute atomic E-state index is 12.0. The summed E-state index contributed by atoms with van der Waals surface area (Å²) in [6.07, 6.45) is 1.63. The minimum absolute atomic E-state index is 0.0671. The molecule has 0 bridgehead atoms. The van der Waals surface area contributed by atoms with Gasteiger partial charge in [-0.2, -0.15) is 4.98 Å². The monoisotopic (exact) mass is 303 g/mol. The zero-order valence-corrected chi connectivity index (χ0v) is 12.7. The molecule has 1 aromatic carbocycles. The number of amides is 1. The van der Waals surface area contributed by atoms with Gasteiger partial charge in [-0.3, -0.25) is 4.79 Å². The highest BCUT2D eigenvalue weighted by Gasteiger charge is 2.26. The maximum atomic E-state index is 12.0. The lowest BCUT2D eigenvalue weighted by Gasteiger charge is -2.30. The van der Waals surface area contributed by atoms with Crippen molar-refractivity contribution in [1.82, 2.24) is 10.3 Å². The summed E-state index contributed by atoms with van der Waals surface area (Å²) in [6, 6.07) is 8.40. The molecular formula is C16H21N3O3. The summed E-state index contributed by atoms with van der Waals surface area (Å²) < 4.78 is 10.7. The van der Waals surface area contributed by atoms with E-state index in [0.29, 0.717) is 19.2 Å². The highest BCUT2D eigenvalue weighted by Crippen LogP contribution is 2.26. The molecule has 1 saturated heterocycles. The van der Waals surface area contributed by atoms with Gasteiger partial charge >= 0.3 is 0 Å². The summed E-state index contributed by atoms with van der Waals surface area (Å²) in [7, 11) is 1.63. The molecule has 1 fully saturated rings. The maximum Gasteiger partial charge on any atom is 0.298 e. The molecule has 3 rings (SSSR count). The topological polar surface area (TPSA) is 67.6 Å². The van der Waals surface area contributed by atoms with Gasteiger partial charge in [0.25, 0.3) is 6.01 Å². The van der Waals surface area contributed by atoms with Crippen LogP contribution in [0.3, 0.4) is 0 Å². The molecule has 0 radical (unpaired) electrons. The van der Waals surface area contributed by atoms with E-state index in [2.05, 4.69) is 15.2 Å². The van der Waals surface area contributed by atoms with Gasteiger partial charge in [0.05, 0.1) is 6.61 Å². The lowest BCUT2D eigenvalue weighted by molar-refractivity contribution is -0.125. The van der Waals surface area contributed by atoms with Gasteiger partial charge in [0.15, 0.2) is 5.58 Å². The number of carbonyl (C=O) groups excluding carboxylic acids is 1. The molecule has 2 aromatic rings. The van der Waals surface area contributed by atoms with Crippen LogP contribution in [0.15, 0.2) is 28.7 Å². The number of carbonyl (C=O) groups is 1. The van der Waals surface area contributed by atoms with E-state index in [1.165, 1.54) is 0 Å². The molecule has 0 saturated carbocycles. The first-order valence-electron chi connectivity index (χ1n) is 7.65. The Bertz CT molecular complexity index is 599. The number of hydrogen-bond acceptors (Lipinski definition) is 5. The molecule has 0 aliphatic carbocycles. The van der Waals surface area contributed by atoms with Gasteiger partial charge < -0.3 is 19.4 Å². The normalized spacial score (nSPS) is 16.1. The number of fused-ring (bicyclic) bond motifs is 1. The molecule has 22 heavy (non-hydrogen) atoms. The lowest BCUT2D eigenvalue weighted by Crippen LogP contribution is -2.41. The fraction of sp³-hybridized carbons (Fsp3) is 0.500. The summed E-state index contributed by atoms with van der Waals surface area (Å²) in [5, 5.41) is 2.91. The molecule has 1 aliphatic heterocycles. The van der Waals surface area contributed by atoms with Crippen LogP contribution in [-0.2, 0) is 9.53 Å². The van der Waals surface area contributed by atoms with Gasteiger partial charge in [0.1, 0.15) is 5.52 Å². The van der Waals surface area contributed by atoms with Crippen LogP contribution in [0.25, 0.3) is 11.1 Å². The second-order valence-corrected chi connectivity index (χ2v) is 5.51. The smallest absolute Gasteiger partial charge is 0.298 e. The Kier molecular flexibility index (Phi) is 4.58. The molecule has 1 N–H and O–H groups in total. The fourth-order valence-electron chi connectivity index (χ4n) is 2.75. The first-order chi connectivity index (χ1) is 10.8. The van der Waals surface area contributed by atoms with Crippen molar-refractivity contribution in [3.8, 4) is 0 Å². The predicted octanol–water partition coefficient (Wildman–Crippen LogP) is 1.81. The second kappa shape index (κ2) is 6.79. The standard InChI is InChI=1S/C16H21N3O3/c1-21-11-8-17-15(20)12-6-9-19(10-7-12)16-18-13-4-2-3-5-14(13)22-16/h2-5,12H,6-11H2,1H3,(H,17,20). The third-order valence-corrected chi connectivity index (χ3v) is 4.02. The number of nitrogens with one attached hydrogen (secondary N) is 1. The molecule has 6 heteroatoms. The zero-order chi connectivity index (χ0) is 15.4. The molecule has 6 nitrogen and oxygen atoms in total. The Labute approximate surface area is 129 Å². The number of piperidine rings is 1. The first-order valence-corrected chi connectivity index (χ1v) is 7.65. The van der Waals surface area contributed by atoms with E-state index in [0.717, 1.165) is 37.0 Å². The number of para-hydroxylation sites is 2. The van der Waals surface area contributed by atoms with Crippen LogP contribution in [0.1, 0.15) is 12.8 Å². The van der Waals surface area contributed by atoms with Crippen molar-refractivity contribution in [2.24, 2.45) is 5.92 Å². The number of rotatable bonds is 5. The fourth-order valence-corrected chi connectivity index (χ4v) is 2.75.